The predicted octanol–water partition coefficient (Wildman–Crippen LogP) is 0.526. The lowest BCUT2D eigenvalue weighted by Gasteiger charge is -2.12. The van der Waals surface area contributed by atoms with Gasteiger partial charge in [-0.25, -0.2) is 4.99 Å². The van der Waals surface area contributed by atoms with Crippen molar-refractivity contribution in [2.24, 2.45) is 16.5 Å². The summed E-state index contributed by atoms with van der Waals surface area (Å²) in [4.78, 5) is 5.97. The highest BCUT2D eigenvalue weighted by molar-refractivity contribution is 5.75. The molecule has 0 radical (unpaired) electrons. The first kappa shape index (κ1) is 10.4. The maximum Gasteiger partial charge on any atom is 0.186 e. The van der Waals surface area contributed by atoms with E-state index in [-0.39, 0.29) is 5.96 Å². The SMILES string of the molecule is CN(C)c1ccc(CN=C(N)N)cc1. The Balaban J connectivity index is 2.69. The number of rotatable bonds is 3. The molecule has 0 aliphatic carbocycles. The van der Waals surface area contributed by atoms with E-state index in [1.54, 1.807) is 0 Å². The first-order valence-electron chi connectivity index (χ1n) is 4.41. The third-order valence-corrected chi connectivity index (χ3v) is 1.90. The van der Waals surface area contributed by atoms with Crippen LogP contribution in [-0.2, 0) is 6.54 Å². The first-order valence-corrected chi connectivity index (χ1v) is 4.41. The van der Waals surface area contributed by atoms with Crippen molar-refractivity contribution in [1.82, 2.24) is 0 Å². The van der Waals surface area contributed by atoms with E-state index in [0.717, 1.165) is 5.56 Å². The van der Waals surface area contributed by atoms with Gasteiger partial charge in [0.15, 0.2) is 5.96 Å². The number of anilines is 1. The Bertz CT molecular complexity index is 309. The van der Waals surface area contributed by atoms with Gasteiger partial charge in [-0.1, -0.05) is 12.1 Å². The van der Waals surface area contributed by atoms with Crippen LogP contribution in [0.5, 0.6) is 0 Å². The molecule has 0 aliphatic heterocycles. The molecule has 0 aromatic heterocycles. The van der Waals surface area contributed by atoms with Gasteiger partial charge in [-0.15, -0.1) is 0 Å². The third kappa shape index (κ3) is 2.97. The van der Waals surface area contributed by atoms with Gasteiger partial charge in [0, 0.05) is 19.8 Å². The van der Waals surface area contributed by atoms with Crippen LogP contribution < -0.4 is 16.4 Å². The van der Waals surface area contributed by atoms with Crippen molar-refractivity contribution in [3.63, 3.8) is 0 Å². The second-order valence-electron chi connectivity index (χ2n) is 3.30. The monoisotopic (exact) mass is 192 g/mol. The molecular weight excluding hydrogens is 176 g/mol. The van der Waals surface area contributed by atoms with E-state index < -0.39 is 0 Å². The van der Waals surface area contributed by atoms with Crippen molar-refractivity contribution in [2.75, 3.05) is 19.0 Å². The molecule has 4 N–H and O–H groups in total. The average Bonchev–Trinajstić information content (AvgIpc) is 2.15. The predicted molar refractivity (Wildman–Crippen MR) is 60.3 cm³/mol. The molecule has 0 spiro atoms. The lowest BCUT2D eigenvalue weighted by molar-refractivity contribution is 1.05. The summed E-state index contributed by atoms with van der Waals surface area (Å²) < 4.78 is 0. The summed E-state index contributed by atoms with van der Waals surface area (Å²) in [6.45, 7) is 0.538. The van der Waals surface area contributed by atoms with E-state index in [1.165, 1.54) is 5.69 Å². The first-order chi connectivity index (χ1) is 6.59. The highest BCUT2D eigenvalue weighted by Crippen LogP contribution is 2.12. The fraction of sp³-hybridized carbons (Fsp3) is 0.300. The van der Waals surface area contributed by atoms with Crippen LogP contribution in [0.2, 0.25) is 0 Å². The Morgan fingerprint density at radius 2 is 1.79 bits per heavy atom. The second-order valence-corrected chi connectivity index (χ2v) is 3.30. The van der Waals surface area contributed by atoms with Crippen molar-refractivity contribution in [3.05, 3.63) is 29.8 Å². The van der Waals surface area contributed by atoms with E-state index in [4.69, 9.17) is 11.5 Å². The molecule has 1 aromatic rings. The topological polar surface area (TPSA) is 67.6 Å². The van der Waals surface area contributed by atoms with Crippen LogP contribution in [0.25, 0.3) is 0 Å². The summed E-state index contributed by atoms with van der Waals surface area (Å²) >= 11 is 0. The van der Waals surface area contributed by atoms with E-state index in [1.807, 2.05) is 43.3 Å². The van der Waals surface area contributed by atoms with Crippen LogP contribution in [0, 0.1) is 0 Å². The highest BCUT2D eigenvalue weighted by atomic mass is 15.1. The number of hydrogen-bond acceptors (Lipinski definition) is 2. The smallest absolute Gasteiger partial charge is 0.186 e. The zero-order valence-electron chi connectivity index (χ0n) is 8.57. The summed E-state index contributed by atoms with van der Waals surface area (Å²) in [5.41, 5.74) is 12.7. The molecule has 0 saturated heterocycles. The lowest BCUT2D eigenvalue weighted by Crippen LogP contribution is -2.22. The van der Waals surface area contributed by atoms with Gasteiger partial charge in [0.2, 0.25) is 0 Å². The minimum Gasteiger partial charge on any atom is -0.378 e. The van der Waals surface area contributed by atoms with E-state index in [2.05, 4.69) is 4.99 Å². The molecule has 0 atom stereocenters. The van der Waals surface area contributed by atoms with Crippen LogP contribution in [0.15, 0.2) is 29.3 Å². The number of hydrogen-bond donors (Lipinski definition) is 2. The van der Waals surface area contributed by atoms with Crippen LogP contribution in [0.1, 0.15) is 5.56 Å². The van der Waals surface area contributed by atoms with Crippen molar-refractivity contribution in [3.8, 4) is 0 Å². The van der Waals surface area contributed by atoms with E-state index >= 15 is 0 Å². The molecule has 0 unspecified atom stereocenters. The minimum absolute atomic E-state index is 0.127. The quantitative estimate of drug-likeness (QED) is 0.542. The molecule has 0 fully saturated rings. The molecule has 0 heterocycles. The Kier molecular flexibility index (Phi) is 3.34. The highest BCUT2D eigenvalue weighted by Gasteiger charge is 1.95. The number of aliphatic imine (C=N–C) groups is 1. The summed E-state index contributed by atoms with van der Waals surface area (Å²) in [6.07, 6.45) is 0. The molecule has 4 heteroatoms. The summed E-state index contributed by atoms with van der Waals surface area (Å²) in [5.74, 6) is 0.127. The molecule has 0 saturated carbocycles. The largest absolute Gasteiger partial charge is 0.378 e. The summed E-state index contributed by atoms with van der Waals surface area (Å²) in [5, 5.41) is 0. The lowest BCUT2D eigenvalue weighted by atomic mass is 10.2. The zero-order valence-corrected chi connectivity index (χ0v) is 8.57. The van der Waals surface area contributed by atoms with Gasteiger partial charge in [-0.2, -0.15) is 0 Å². The zero-order chi connectivity index (χ0) is 10.6. The van der Waals surface area contributed by atoms with Gasteiger partial charge >= 0.3 is 0 Å². The summed E-state index contributed by atoms with van der Waals surface area (Å²) in [6, 6.07) is 8.11. The Morgan fingerprint density at radius 1 is 1.21 bits per heavy atom. The number of benzene rings is 1. The van der Waals surface area contributed by atoms with Gasteiger partial charge in [0.1, 0.15) is 0 Å². The number of nitrogens with zero attached hydrogens (tertiary/aromatic N) is 2. The van der Waals surface area contributed by atoms with Gasteiger partial charge in [-0.05, 0) is 17.7 Å². The van der Waals surface area contributed by atoms with Crippen LogP contribution >= 0.6 is 0 Å². The van der Waals surface area contributed by atoms with Crippen LogP contribution in [-0.4, -0.2) is 20.1 Å². The summed E-state index contributed by atoms with van der Waals surface area (Å²) in [7, 11) is 4.01. The number of nitrogens with two attached hydrogens (primary N) is 2. The molecule has 0 bridgehead atoms. The Labute approximate surface area is 84.2 Å². The standard InChI is InChI=1S/C10H16N4/c1-14(2)9-5-3-8(4-6-9)7-13-10(11)12/h3-6H,7H2,1-2H3,(H4,11,12,13). The molecule has 76 valence electrons. The fourth-order valence-electron chi connectivity index (χ4n) is 1.08. The minimum atomic E-state index is 0.127. The molecule has 4 nitrogen and oxygen atoms in total. The molecule has 14 heavy (non-hydrogen) atoms. The van der Waals surface area contributed by atoms with Crippen LogP contribution in [0.3, 0.4) is 0 Å². The van der Waals surface area contributed by atoms with Gasteiger partial charge in [0.05, 0.1) is 6.54 Å². The Morgan fingerprint density at radius 3 is 2.21 bits per heavy atom. The van der Waals surface area contributed by atoms with Gasteiger partial charge < -0.3 is 16.4 Å². The maximum atomic E-state index is 5.24. The van der Waals surface area contributed by atoms with Gasteiger partial charge in [0.25, 0.3) is 0 Å². The molecule has 1 aromatic carbocycles. The second kappa shape index (κ2) is 4.50. The maximum absolute atomic E-state index is 5.24. The normalized spacial score (nSPS) is 9.57. The third-order valence-electron chi connectivity index (χ3n) is 1.90. The molecule has 0 aliphatic rings. The average molecular weight is 192 g/mol. The van der Waals surface area contributed by atoms with Crippen molar-refractivity contribution < 1.29 is 0 Å². The van der Waals surface area contributed by atoms with Crippen molar-refractivity contribution >= 4 is 11.6 Å². The fourth-order valence-corrected chi connectivity index (χ4v) is 1.08. The number of guanidine groups is 1. The molecular formula is C10H16N4. The van der Waals surface area contributed by atoms with E-state index in [0.29, 0.717) is 6.54 Å². The molecule has 1 rings (SSSR count). The van der Waals surface area contributed by atoms with Crippen molar-refractivity contribution in [2.45, 2.75) is 6.54 Å². The van der Waals surface area contributed by atoms with Gasteiger partial charge in [-0.3, -0.25) is 0 Å². The molecule has 0 amide bonds. The van der Waals surface area contributed by atoms with Crippen LogP contribution in [0.4, 0.5) is 5.69 Å². The van der Waals surface area contributed by atoms with Crippen molar-refractivity contribution in [1.29, 1.82) is 0 Å². The Hall–Kier alpha value is -1.71. The van der Waals surface area contributed by atoms with E-state index in [9.17, 15) is 0 Å².